The average molecular weight is 489 g/mol. The Morgan fingerprint density at radius 3 is 2.51 bits per heavy atom. The van der Waals surface area contributed by atoms with Crippen molar-refractivity contribution in [1.29, 1.82) is 0 Å². The Morgan fingerprint density at radius 1 is 1.17 bits per heavy atom. The zero-order chi connectivity index (χ0) is 25.2. The third-order valence-electron chi connectivity index (χ3n) is 6.65. The minimum Gasteiger partial charge on any atom is -0.489 e. The number of ether oxygens (including phenoxy) is 1. The topological polar surface area (TPSA) is 79.8 Å². The Morgan fingerprint density at radius 2 is 1.91 bits per heavy atom. The summed E-state index contributed by atoms with van der Waals surface area (Å²) in [4.78, 5) is 45.8. The summed E-state index contributed by atoms with van der Waals surface area (Å²) in [5, 5.41) is 0. The minimum atomic E-state index is -4.62. The minimum absolute atomic E-state index is 0.0322. The maximum atomic E-state index is 13.4. The molecule has 10 heteroatoms. The summed E-state index contributed by atoms with van der Waals surface area (Å²) in [6, 6.07) is 7.95. The van der Waals surface area contributed by atoms with Gasteiger partial charge in [-0.15, -0.1) is 0 Å². The molecule has 0 spiro atoms. The molecule has 1 aromatic heterocycles. The second kappa shape index (κ2) is 9.67. The number of likely N-dealkylation sites (N-methyl/N-ethyl adjacent to an activating group) is 1. The molecule has 4 rings (SSSR count). The van der Waals surface area contributed by atoms with Crippen LogP contribution in [0.5, 0.6) is 5.75 Å². The Kier molecular flexibility index (Phi) is 6.82. The smallest absolute Gasteiger partial charge is 0.416 e. The molecule has 3 heterocycles. The third-order valence-corrected chi connectivity index (χ3v) is 6.65. The molecule has 0 saturated carbocycles. The van der Waals surface area contributed by atoms with Crippen molar-refractivity contribution in [2.75, 3.05) is 19.6 Å². The molecule has 1 unspecified atom stereocenters. The molecule has 35 heavy (non-hydrogen) atoms. The molecule has 2 aliphatic rings. The molecule has 2 aliphatic heterocycles. The Bertz CT molecular complexity index is 1100. The van der Waals surface area contributed by atoms with E-state index >= 15 is 0 Å². The first-order valence-corrected chi connectivity index (χ1v) is 11.5. The lowest BCUT2D eigenvalue weighted by atomic mass is 9.75. The number of piperidine rings is 1. The van der Waals surface area contributed by atoms with E-state index in [0.29, 0.717) is 31.7 Å². The van der Waals surface area contributed by atoms with E-state index in [1.807, 2.05) is 0 Å². The summed E-state index contributed by atoms with van der Waals surface area (Å²) >= 11 is 0. The highest BCUT2D eigenvalue weighted by Gasteiger charge is 2.54. The maximum absolute atomic E-state index is 13.4. The average Bonchev–Trinajstić information content (AvgIpc) is 3.09. The number of pyridine rings is 1. The fraction of sp³-hybridized carbons (Fsp3) is 0.440. The number of likely N-dealkylation sites (tertiary alicyclic amines) is 2. The summed E-state index contributed by atoms with van der Waals surface area (Å²) in [6.07, 6.45) is -1.06. The van der Waals surface area contributed by atoms with Crippen LogP contribution in [0.3, 0.4) is 0 Å². The van der Waals surface area contributed by atoms with Crippen LogP contribution < -0.4 is 4.74 Å². The molecule has 0 bridgehead atoms. The Hall–Kier alpha value is -3.43. The van der Waals surface area contributed by atoms with E-state index < -0.39 is 29.0 Å². The Labute approximate surface area is 200 Å². The quantitative estimate of drug-likeness (QED) is 0.580. The predicted molar refractivity (Wildman–Crippen MR) is 119 cm³/mol. The number of carbonyl (C=O) groups excluding carboxylic acids is 3. The van der Waals surface area contributed by atoms with Gasteiger partial charge in [0.15, 0.2) is 0 Å². The predicted octanol–water partition coefficient (Wildman–Crippen LogP) is 3.58. The van der Waals surface area contributed by atoms with E-state index in [1.165, 1.54) is 12.1 Å². The summed E-state index contributed by atoms with van der Waals surface area (Å²) in [5.74, 6) is -0.865. The standard InChI is InChI=1S/C25H26F3N3O4/c1-2-31-22(33)15-24(23(31)34,17-5-3-6-18(13-17)25(26,27)28)14-21(32)30-11-8-19(9-12-30)35-20-7-4-10-29-16-20/h3-7,10,13,16,19H,2,8-9,11-12,14-15H2,1H3. The molecule has 7 nitrogen and oxygen atoms in total. The number of aromatic nitrogens is 1. The molecule has 186 valence electrons. The highest BCUT2D eigenvalue weighted by atomic mass is 19.4. The number of halogens is 3. The van der Waals surface area contributed by atoms with Crippen molar-refractivity contribution in [3.05, 3.63) is 59.9 Å². The van der Waals surface area contributed by atoms with Gasteiger partial charge in [0, 0.05) is 51.5 Å². The van der Waals surface area contributed by atoms with Gasteiger partial charge < -0.3 is 9.64 Å². The van der Waals surface area contributed by atoms with Gasteiger partial charge in [-0.05, 0) is 30.7 Å². The van der Waals surface area contributed by atoms with Crippen LogP contribution in [-0.4, -0.2) is 58.2 Å². The zero-order valence-electron chi connectivity index (χ0n) is 19.3. The first-order valence-electron chi connectivity index (χ1n) is 11.5. The van der Waals surface area contributed by atoms with Gasteiger partial charge in [0.2, 0.25) is 17.7 Å². The van der Waals surface area contributed by atoms with Crippen LogP contribution in [0.15, 0.2) is 48.8 Å². The van der Waals surface area contributed by atoms with Gasteiger partial charge in [0.05, 0.1) is 17.2 Å². The normalized spacial score (nSPS) is 21.5. The fourth-order valence-electron chi connectivity index (χ4n) is 4.78. The first-order chi connectivity index (χ1) is 16.6. The van der Waals surface area contributed by atoms with E-state index in [9.17, 15) is 27.6 Å². The van der Waals surface area contributed by atoms with Crippen molar-refractivity contribution in [3.63, 3.8) is 0 Å². The van der Waals surface area contributed by atoms with Crippen molar-refractivity contribution in [3.8, 4) is 5.75 Å². The molecule has 2 saturated heterocycles. The summed E-state index contributed by atoms with van der Waals surface area (Å²) in [7, 11) is 0. The zero-order valence-corrected chi connectivity index (χ0v) is 19.3. The van der Waals surface area contributed by atoms with Crippen LogP contribution in [-0.2, 0) is 26.0 Å². The van der Waals surface area contributed by atoms with Crippen molar-refractivity contribution >= 4 is 17.7 Å². The highest BCUT2D eigenvalue weighted by Crippen LogP contribution is 2.42. The van der Waals surface area contributed by atoms with Crippen LogP contribution in [0.25, 0.3) is 0 Å². The van der Waals surface area contributed by atoms with Crippen LogP contribution >= 0.6 is 0 Å². The molecule has 1 aromatic carbocycles. The third kappa shape index (κ3) is 5.01. The molecule has 0 N–H and O–H groups in total. The summed E-state index contributed by atoms with van der Waals surface area (Å²) in [6.45, 7) is 2.46. The molecule has 0 aliphatic carbocycles. The van der Waals surface area contributed by atoms with Crippen molar-refractivity contribution in [1.82, 2.24) is 14.8 Å². The SMILES string of the molecule is CCN1C(=O)CC(CC(=O)N2CCC(Oc3cccnc3)CC2)(c2cccc(C(F)(F)F)c2)C1=O. The van der Waals surface area contributed by atoms with Gasteiger partial charge in [-0.3, -0.25) is 24.3 Å². The van der Waals surface area contributed by atoms with Crippen LogP contribution in [0, 0.1) is 0 Å². The van der Waals surface area contributed by atoms with Crippen LogP contribution in [0.4, 0.5) is 13.2 Å². The Balaban J connectivity index is 1.53. The van der Waals surface area contributed by atoms with Crippen molar-refractivity contribution in [2.24, 2.45) is 0 Å². The lowest BCUT2D eigenvalue weighted by Crippen LogP contribution is -2.46. The number of hydrogen-bond acceptors (Lipinski definition) is 5. The molecular weight excluding hydrogens is 463 g/mol. The number of benzene rings is 1. The van der Waals surface area contributed by atoms with Gasteiger partial charge in [0.25, 0.3) is 0 Å². The molecule has 3 amide bonds. The number of imide groups is 1. The largest absolute Gasteiger partial charge is 0.489 e. The molecule has 0 radical (unpaired) electrons. The molecule has 2 fully saturated rings. The van der Waals surface area contributed by atoms with Gasteiger partial charge in [-0.1, -0.05) is 18.2 Å². The number of nitrogens with zero attached hydrogens (tertiary/aromatic N) is 3. The number of amides is 3. The van der Waals surface area contributed by atoms with E-state index in [1.54, 1.807) is 36.4 Å². The second-order valence-corrected chi connectivity index (χ2v) is 8.84. The summed E-state index contributed by atoms with van der Waals surface area (Å²) < 4.78 is 46.1. The van der Waals surface area contributed by atoms with E-state index in [-0.39, 0.29) is 37.0 Å². The first kappa shape index (κ1) is 24.7. The van der Waals surface area contributed by atoms with E-state index in [4.69, 9.17) is 4.74 Å². The second-order valence-electron chi connectivity index (χ2n) is 8.84. The van der Waals surface area contributed by atoms with Crippen molar-refractivity contribution in [2.45, 2.75) is 50.3 Å². The molecular formula is C25H26F3N3O4. The molecule has 2 aromatic rings. The van der Waals surface area contributed by atoms with Crippen molar-refractivity contribution < 1.29 is 32.3 Å². The highest BCUT2D eigenvalue weighted by molar-refractivity contribution is 6.10. The molecule has 1 atom stereocenters. The van der Waals surface area contributed by atoms with E-state index in [2.05, 4.69) is 4.98 Å². The number of alkyl halides is 3. The van der Waals surface area contributed by atoms with E-state index in [0.717, 1.165) is 17.0 Å². The maximum Gasteiger partial charge on any atom is 0.416 e. The fourth-order valence-corrected chi connectivity index (χ4v) is 4.78. The monoisotopic (exact) mass is 489 g/mol. The lowest BCUT2D eigenvalue weighted by Gasteiger charge is -2.35. The number of hydrogen-bond donors (Lipinski definition) is 0. The van der Waals surface area contributed by atoms with Crippen LogP contribution in [0.2, 0.25) is 0 Å². The summed E-state index contributed by atoms with van der Waals surface area (Å²) in [5.41, 5.74) is -2.55. The number of rotatable bonds is 6. The van der Waals surface area contributed by atoms with Gasteiger partial charge in [-0.25, -0.2) is 0 Å². The van der Waals surface area contributed by atoms with Gasteiger partial charge in [-0.2, -0.15) is 13.2 Å². The van der Waals surface area contributed by atoms with Crippen LogP contribution in [0.1, 0.15) is 43.7 Å². The van der Waals surface area contributed by atoms with Gasteiger partial charge in [0.1, 0.15) is 11.9 Å². The number of carbonyl (C=O) groups is 3. The van der Waals surface area contributed by atoms with Gasteiger partial charge >= 0.3 is 6.18 Å². The lowest BCUT2D eigenvalue weighted by molar-refractivity contribution is -0.143.